The molecule has 1 saturated heterocycles. The molecule has 1 aliphatic heterocycles. The average Bonchev–Trinajstić information content (AvgIpc) is 2.67. The quantitative estimate of drug-likeness (QED) is 0.695. The molecule has 0 saturated carbocycles. The van der Waals surface area contributed by atoms with Gasteiger partial charge in [-0.2, -0.15) is 4.31 Å². The number of piperidine rings is 1. The number of nitrogens with zero attached hydrogens (tertiary/aromatic N) is 2. The third kappa shape index (κ3) is 4.60. The van der Waals surface area contributed by atoms with Gasteiger partial charge in [0.2, 0.25) is 10.0 Å². The van der Waals surface area contributed by atoms with E-state index in [1.807, 2.05) is 31.2 Å². The zero-order chi connectivity index (χ0) is 18.4. The van der Waals surface area contributed by atoms with Crippen molar-refractivity contribution in [2.45, 2.75) is 30.8 Å². The van der Waals surface area contributed by atoms with Crippen molar-refractivity contribution < 1.29 is 17.9 Å². The predicted octanol–water partition coefficient (Wildman–Crippen LogP) is 2.64. The minimum Gasteiger partial charge on any atom is -0.490 e. The molecule has 2 aromatic rings. The zero-order valence-corrected chi connectivity index (χ0v) is 15.7. The number of hydrogen-bond donors (Lipinski definition) is 0. The molecule has 0 spiro atoms. The van der Waals surface area contributed by atoms with Gasteiger partial charge >= 0.3 is 0 Å². The third-order valence-corrected chi connectivity index (χ3v) is 6.51. The smallest absolute Gasteiger partial charge is 0.243 e. The molecule has 1 fully saturated rings. The Balaban J connectivity index is 1.45. The van der Waals surface area contributed by atoms with Crippen molar-refractivity contribution in [1.29, 1.82) is 0 Å². The third-order valence-electron chi connectivity index (χ3n) is 4.45. The summed E-state index contributed by atoms with van der Waals surface area (Å²) in [6, 6.07) is 10.8. The summed E-state index contributed by atoms with van der Waals surface area (Å²) in [7, 11) is -3.43. The van der Waals surface area contributed by atoms with Gasteiger partial charge in [0.15, 0.2) is 0 Å². The maximum Gasteiger partial charge on any atom is 0.243 e. The molecule has 0 radical (unpaired) electrons. The first-order chi connectivity index (χ1) is 12.6. The first-order valence-electron chi connectivity index (χ1n) is 8.77. The largest absolute Gasteiger partial charge is 0.490 e. The summed E-state index contributed by atoms with van der Waals surface area (Å²) in [6.07, 6.45) is 4.81. The topological polar surface area (TPSA) is 68.7 Å². The number of benzene rings is 1. The second-order valence-electron chi connectivity index (χ2n) is 6.28. The molecule has 0 amide bonds. The molecule has 0 N–H and O–H groups in total. The fourth-order valence-electron chi connectivity index (χ4n) is 3.03. The van der Waals surface area contributed by atoms with Crippen molar-refractivity contribution >= 4 is 10.0 Å². The molecule has 2 heterocycles. The van der Waals surface area contributed by atoms with Crippen LogP contribution in [-0.2, 0) is 14.8 Å². The van der Waals surface area contributed by atoms with E-state index < -0.39 is 10.0 Å². The summed E-state index contributed by atoms with van der Waals surface area (Å²) in [6.45, 7) is 3.71. The Labute approximate surface area is 154 Å². The van der Waals surface area contributed by atoms with E-state index in [4.69, 9.17) is 9.47 Å². The molecule has 0 bridgehead atoms. The van der Waals surface area contributed by atoms with E-state index in [0.29, 0.717) is 44.0 Å². The van der Waals surface area contributed by atoms with Crippen LogP contribution in [0.15, 0.2) is 53.7 Å². The monoisotopic (exact) mass is 376 g/mol. The first-order valence-corrected chi connectivity index (χ1v) is 10.2. The molecule has 0 aliphatic carbocycles. The highest BCUT2D eigenvalue weighted by Crippen LogP contribution is 2.24. The van der Waals surface area contributed by atoms with Crippen LogP contribution in [0.25, 0.3) is 0 Å². The zero-order valence-electron chi connectivity index (χ0n) is 14.9. The molecule has 3 rings (SSSR count). The van der Waals surface area contributed by atoms with E-state index in [1.54, 1.807) is 28.8 Å². The number of aromatic nitrogens is 1. The number of pyridine rings is 1. The van der Waals surface area contributed by atoms with Gasteiger partial charge < -0.3 is 9.47 Å². The molecule has 1 aromatic heterocycles. The Morgan fingerprint density at radius 3 is 2.58 bits per heavy atom. The lowest BCUT2D eigenvalue weighted by molar-refractivity contribution is 0.00696. The molecule has 26 heavy (non-hydrogen) atoms. The van der Waals surface area contributed by atoms with Gasteiger partial charge in [-0.3, -0.25) is 4.98 Å². The Kier molecular flexibility index (Phi) is 6.24. The highest BCUT2D eigenvalue weighted by molar-refractivity contribution is 7.89. The Hall–Kier alpha value is -1.96. The van der Waals surface area contributed by atoms with Crippen molar-refractivity contribution in [2.24, 2.45) is 0 Å². The number of hydrogen-bond acceptors (Lipinski definition) is 5. The molecule has 140 valence electrons. The van der Waals surface area contributed by atoms with E-state index in [9.17, 15) is 8.42 Å². The SMILES string of the molecule is Cc1ccccc1S(=O)(=O)N1CCC(OCCOc2cccnc2)CC1. The van der Waals surface area contributed by atoms with Crippen LogP contribution in [0.3, 0.4) is 0 Å². The van der Waals surface area contributed by atoms with Gasteiger partial charge in [0.25, 0.3) is 0 Å². The van der Waals surface area contributed by atoms with Crippen molar-refractivity contribution in [2.75, 3.05) is 26.3 Å². The van der Waals surface area contributed by atoms with E-state index in [0.717, 1.165) is 11.3 Å². The van der Waals surface area contributed by atoms with Crippen molar-refractivity contribution in [3.8, 4) is 5.75 Å². The van der Waals surface area contributed by atoms with E-state index in [-0.39, 0.29) is 6.10 Å². The van der Waals surface area contributed by atoms with Gasteiger partial charge in [-0.05, 0) is 43.5 Å². The lowest BCUT2D eigenvalue weighted by Crippen LogP contribution is -2.41. The fourth-order valence-corrected chi connectivity index (χ4v) is 4.73. The van der Waals surface area contributed by atoms with Gasteiger partial charge in [0.1, 0.15) is 12.4 Å². The van der Waals surface area contributed by atoms with Crippen LogP contribution in [0.4, 0.5) is 0 Å². The molecule has 1 aromatic carbocycles. The second-order valence-corrected chi connectivity index (χ2v) is 8.18. The lowest BCUT2D eigenvalue weighted by Gasteiger charge is -2.31. The van der Waals surface area contributed by atoms with Crippen LogP contribution in [0, 0.1) is 6.92 Å². The van der Waals surface area contributed by atoms with Crippen LogP contribution in [-0.4, -0.2) is 50.1 Å². The summed E-state index contributed by atoms with van der Waals surface area (Å²) >= 11 is 0. The Morgan fingerprint density at radius 2 is 1.88 bits per heavy atom. The summed E-state index contributed by atoms with van der Waals surface area (Å²) in [4.78, 5) is 4.38. The lowest BCUT2D eigenvalue weighted by atomic mass is 10.1. The summed E-state index contributed by atoms with van der Waals surface area (Å²) in [5, 5.41) is 0. The molecule has 0 unspecified atom stereocenters. The van der Waals surface area contributed by atoms with Crippen LogP contribution in [0.2, 0.25) is 0 Å². The van der Waals surface area contributed by atoms with Crippen LogP contribution < -0.4 is 4.74 Å². The van der Waals surface area contributed by atoms with Crippen LogP contribution in [0.5, 0.6) is 5.75 Å². The van der Waals surface area contributed by atoms with Crippen molar-refractivity contribution in [3.05, 3.63) is 54.4 Å². The second kappa shape index (κ2) is 8.62. The highest BCUT2D eigenvalue weighted by atomic mass is 32.2. The predicted molar refractivity (Wildman–Crippen MR) is 98.6 cm³/mol. The fraction of sp³-hybridized carbons (Fsp3) is 0.421. The van der Waals surface area contributed by atoms with Gasteiger partial charge in [-0.25, -0.2) is 8.42 Å². The number of sulfonamides is 1. The molecule has 0 atom stereocenters. The highest BCUT2D eigenvalue weighted by Gasteiger charge is 2.30. The maximum absolute atomic E-state index is 12.8. The van der Waals surface area contributed by atoms with Crippen LogP contribution >= 0.6 is 0 Å². The molecule has 7 heteroatoms. The number of ether oxygens (including phenoxy) is 2. The summed E-state index contributed by atoms with van der Waals surface area (Å²) < 4.78 is 38.5. The van der Waals surface area contributed by atoms with Crippen molar-refractivity contribution in [3.63, 3.8) is 0 Å². The first kappa shape index (κ1) is 18.8. The number of rotatable bonds is 7. The average molecular weight is 376 g/mol. The summed E-state index contributed by atoms with van der Waals surface area (Å²) in [5.74, 6) is 0.718. The van der Waals surface area contributed by atoms with Crippen LogP contribution in [0.1, 0.15) is 18.4 Å². The Morgan fingerprint density at radius 1 is 1.12 bits per heavy atom. The summed E-state index contributed by atoms with van der Waals surface area (Å²) in [5.41, 5.74) is 0.776. The minimum atomic E-state index is -3.43. The van der Waals surface area contributed by atoms with E-state index in [2.05, 4.69) is 4.98 Å². The van der Waals surface area contributed by atoms with Crippen molar-refractivity contribution in [1.82, 2.24) is 9.29 Å². The maximum atomic E-state index is 12.8. The van der Waals surface area contributed by atoms with E-state index >= 15 is 0 Å². The normalized spacial score (nSPS) is 16.5. The van der Waals surface area contributed by atoms with Gasteiger partial charge in [0, 0.05) is 19.3 Å². The van der Waals surface area contributed by atoms with E-state index in [1.165, 1.54) is 0 Å². The van der Waals surface area contributed by atoms with Gasteiger partial charge in [-0.1, -0.05) is 18.2 Å². The molecular weight excluding hydrogens is 352 g/mol. The Bertz CT molecular complexity index is 803. The minimum absolute atomic E-state index is 0.0656. The molecule has 1 aliphatic rings. The standard InChI is InChI=1S/C19H24N2O4S/c1-16-5-2-3-7-19(16)26(22,23)21-11-8-17(9-12-21)24-13-14-25-18-6-4-10-20-15-18/h2-7,10,15,17H,8-9,11-14H2,1H3. The van der Waals surface area contributed by atoms with Gasteiger partial charge in [-0.15, -0.1) is 0 Å². The molecule has 6 nitrogen and oxygen atoms in total. The molecular formula is C19H24N2O4S. The number of aryl methyl sites for hydroxylation is 1. The van der Waals surface area contributed by atoms with Gasteiger partial charge in [0.05, 0.1) is 23.8 Å².